The van der Waals surface area contributed by atoms with Crippen molar-refractivity contribution in [3.8, 4) is 0 Å². The second-order valence-corrected chi connectivity index (χ2v) is 7.46. The van der Waals surface area contributed by atoms with Crippen LogP contribution in [0.4, 0.5) is 10.3 Å². The van der Waals surface area contributed by atoms with Crippen molar-refractivity contribution in [2.75, 3.05) is 69.3 Å². The number of rotatable bonds is 7. The number of likely N-dealkylation sites (N-methyl/N-ethyl adjacent to an activating group) is 1. The van der Waals surface area contributed by atoms with Crippen molar-refractivity contribution >= 4 is 33.4 Å². The molecule has 0 saturated carbocycles. The van der Waals surface area contributed by atoms with Gasteiger partial charge in [-0.15, -0.1) is 10.2 Å². The molecule has 1 aromatic heterocycles. The zero-order valence-corrected chi connectivity index (χ0v) is 16.0. The number of carbonyl (C=O) groups excluding carboxylic acids is 2. The SMILES string of the molecule is CN(CC(=O)NCCN1CCOCC1)c1nnc(N2CCCCC2=O)s1. The van der Waals surface area contributed by atoms with Gasteiger partial charge in [0, 0.05) is 46.2 Å². The summed E-state index contributed by atoms with van der Waals surface area (Å²) in [5, 5.41) is 12.4. The second-order valence-electron chi connectivity index (χ2n) is 6.53. The van der Waals surface area contributed by atoms with Crippen LogP contribution in [0.2, 0.25) is 0 Å². The van der Waals surface area contributed by atoms with E-state index in [9.17, 15) is 9.59 Å². The largest absolute Gasteiger partial charge is 0.379 e. The first-order chi connectivity index (χ1) is 12.6. The van der Waals surface area contributed by atoms with Crippen LogP contribution in [0.5, 0.6) is 0 Å². The number of carbonyl (C=O) groups is 2. The van der Waals surface area contributed by atoms with Gasteiger partial charge in [-0.1, -0.05) is 11.3 Å². The Bertz CT molecular complexity index is 619. The fourth-order valence-corrected chi connectivity index (χ4v) is 3.85. The van der Waals surface area contributed by atoms with Crippen molar-refractivity contribution in [1.29, 1.82) is 0 Å². The van der Waals surface area contributed by atoms with Crippen LogP contribution < -0.4 is 15.1 Å². The molecule has 1 aromatic rings. The number of morpholine rings is 1. The number of hydrogen-bond acceptors (Lipinski definition) is 8. The topological polar surface area (TPSA) is 90.9 Å². The zero-order valence-electron chi connectivity index (χ0n) is 15.1. The van der Waals surface area contributed by atoms with Crippen LogP contribution in [0.1, 0.15) is 19.3 Å². The Hall–Kier alpha value is -1.78. The van der Waals surface area contributed by atoms with Gasteiger partial charge in [-0.05, 0) is 12.8 Å². The van der Waals surface area contributed by atoms with Gasteiger partial charge in [-0.2, -0.15) is 0 Å². The van der Waals surface area contributed by atoms with Crippen molar-refractivity contribution in [2.24, 2.45) is 0 Å². The Morgan fingerprint density at radius 1 is 1.27 bits per heavy atom. The molecule has 0 bridgehead atoms. The Morgan fingerprint density at radius 3 is 2.85 bits per heavy atom. The third-order valence-electron chi connectivity index (χ3n) is 4.52. The summed E-state index contributed by atoms with van der Waals surface area (Å²) in [7, 11) is 1.81. The van der Waals surface area contributed by atoms with Crippen LogP contribution in [0.3, 0.4) is 0 Å². The van der Waals surface area contributed by atoms with Gasteiger partial charge in [0.1, 0.15) is 0 Å². The molecule has 1 N–H and O–H groups in total. The quantitative estimate of drug-likeness (QED) is 0.706. The molecule has 0 atom stereocenters. The Balaban J connectivity index is 1.43. The number of aromatic nitrogens is 2. The number of amides is 2. The molecule has 144 valence electrons. The van der Waals surface area contributed by atoms with Gasteiger partial charge in [0.15, 0.2) is 0 Å². The lowest BCUT2D eigenvalue weighted by Crippen LogP contribution is -2.43. The molecule has 2 aliphatic rings. The summed E-state index contributed by atoms with van der Waals surface area (Å²) in [6, 6.07) is 0. The lowest BCUT2D eigenvalue weighted by Gasteiger charge is -2.26. The molecule has 3 rings (SSSR count). The Labute approximate surface area is 157 Å². The number of anilines is 2. The Kier molecular flexibility index (Phi) is 6.75. The summed E-state index contributed by atoms with van der Waals surface area (Å²) < 4.78 is 5.31. The van der Waals surface area contributed by atoms with E-state index >= 15 is 0 Å². The van der Waals surface area contributed by atoms with E-state index in [1.807, 2.05) is 7.05 Å². The van der Waals surface area contributed by atoms with Crippen LogP contribution in [-0.2, 0) is 14.3 Å². The maximum Gasteiger partial charge on any atom is 0.239 e. The summed E-state index contributed by atoms with van der Waals surface area (Å²) >= 11 is 1.35. The monoisotopic (exact) mass is 382 g/mol. The second kappa shape index (κ2) is 9.24. The minimum atomic E-state index is -0.0495. The minimum Gasteiger partial charge on any atom is -0.379 e. The van der Waals surface area contributed by atoms with Gasteiger partial charge < -0.3 is 15.0 Å². The summed E-state index contributed by atoms with van der Waals surface area (Å²) in [6.07, 6.45) is 2.49. The summed E-state index contributed by atoms with van der Waals surface area (Å²) in [4.78, 5) is 29.8. The third-order valence-corrected chi connectivity index (χ3v) is 5.58. The first kappa shape index (κ1) is 19.0. The highest BCUT2D eigenvalue weighted by Crippen LogP contribution is 2.28. The zero-order chi connectivity index (χ0) is 18.4. The molecule has 9 nitrogen and oxygen atoms in total. The van der Waals surface area contributed by atoms with Gasteiger partial charge in [-0.3, -0.25) is 19.4 Å². The number of piperidine rings is 1. The molecule has 10 heteroatoms. The standard InChI is InChI=1S/C16H26N6O3S/c1-20(12-13(23)17-5-7-21-8-10-25-11-9-21)15-18-19-16(26-15)22-6-3-2-4-14(22)24/h2-12H2,1H3,(H,17,23). The summed E-state index contributed by atoms with van der Waals surface area (Å²) in [6.45, 7) is 5.71. The fourth-order valence-electron chi connectivity index (χ4n) is 3.00. The molecular weight excluding hydrogens is 356 g/mol. The summed E-state index contributed by atoms with van der Waals surface area (Å²) in [5.41, 5.74) is 0. The van der Waals surface area contributed by atoms with Crippen molar-refractivity contribution in [2.45, 2.75) is 19.3 Å². The van der Waals surface area contributed by atoms with Crippen LogP contribution in [0.25, 0.3) is 0 Å². The van der Waals surface area contributed by atoms with E-state index in [0.717, 1.165) is 45.7 Å². The van der Waals surface area contributed by atoms with Gasteiger partial charge in [0.05, 0.1) is 19.8 Å². The maximum absolute atomic E-state index is 12.1. The van der Waals surface area contributed by atoms with Gasteiger partial charge in [0.25, 0.3) is 0 Å². The predicted molar refractivity (Wildman–Crippen MR) is 99.7 cm³/mol. The molecule has 0 radical (unpaired) electrons. The molecule has 0 spiro atoms. The van der Waals surface area contributed by atoms with Gasteiger partial charge in [0.2, 0.25) is 22.1 Å². The average Bonchev–Trinajstić information content (AvgIpc) is 3.13. The highest BCUT2D eigenvalue weighted by atomic mass is 32.1. The number of nitrogens with zero attached hydrogens (tertiary/aromatic N) is 5. The number of hydrogen-bond donors (Lipinski definition) is 1. The predicted octanol–water partition coefficient (Wildman–Crippen LogP) is -0.0604. The highest BCUT2D eigenvalue weighted by Gasteiger charge is 2.24. The lowest BCUT2D eigenvalue weighted by atomic mass is 10.1. The summed E-state index contributed by atoms with van der Waals surface area (Å²) in [5.74, 6) is 0.0500. The molecular formula is C16H26N6O3S. The highest BCUT2D eigenvalue weighted by molar-refractivity contribution is 7.19. The van der Waals surface area contributed by atoms with E-state index in [4.69, 9.17) is 4.74 Å². The van der Waals surface area contributed by atoms with Gasteiger partial charge in [-0.25, -0.2) is 0 Å². The number of nitrogens with one attached hydrogen (secondary N) is 1. The smallest absolute Gasteiger partial charge is 0.239 e. The normalized spacial score (nSPS) is 18.8. The molecule has 2 aliphatic heterocycles. The van der Waals surface area contributed by atoms with Crippen molar-refractivity contribution < 1.29 is 14.3 Å². The molecule has 0 aromatic carbocycles. The minimum absolute atomic E-state index is 0.0495. The van der Waals surface area contributed by atoms with Crippen LogP contribution in [-0.4, -0.2) is 86.4 Å². The van der Waals surface area contributed by atoms with Crippen LogP contribution >= 0.6 is 11.3 Å². The number of ether oxygens (including phenoxy) is 1. The molecule has 2 saturated heterocycles. The van der Waals surface area contributed by atoms with Crippen molar-refractivity contribution in [3.63, 3.8) is 0 Å². The van der Waals surface area contributed by atoms with E-state index in [2.05, 4.69) is 20.4 Å². The van der Waals surface area contributed by atoms with E-state index in [-0.39, 0.29) is 18.4 Å². The van der Waals surface area contributed by atoms with E-state index in [1.165, 1.54) is 11.3 Å². The fraction of sp³-hybridized carbons (Fsp3) is 0.750. The Morgan fingerprint density at radius 2 is 2.08 bits per heavy atom. The molecule has 2 amide bonds. The van der Waals surface area contributed by atoms with E-state index in [1.54, 1.807) is 9.80 Å². The maximum atomic E-state index is 12.1. The first-order valence-corrected chi connectivity index (χ1v) is 9.87. The van der Waals surface area contributed by atoms with Crippen molar-refractivity contribution in [3.05, 3.63) is 0 Å². The van der Waals surface area contributed by atoms with E-state index in [0.29, 0.717) is 29.8 Å². The third kappa shape index (κ3) is 5.12. The molecule has 0 aliphatic carbocycles. The first-order valence-electron chi connectivity index (χ1n) is 9.05. The van der Waals surface area contributed by atoms with Gasteiger partial charge >= 0.3 is 0 Å². The van der Waals surface area contributed by atoms with Crippen molar-refractivity contribution in [1.82, 2.24) is 20.4 Å². The van der Waals surface area contributed by atoms with E-state index < -0.39 is 0 Å². The molecule has 26 heavy (non-hydrogen) atoms. The molecule has 2 fully saturated rings. The lowest BCUT2D eigenvalue weighted by molar-refractivity contribution is -0.120. The molecule has 3 heterocycles. The van der Waals surface area contributed by atoms with Crippen LogP contribution in [0.15, 0.2) is 0 Å². The average molecular weight is 382 g/mol. The van der Waals surface area contributed by atoms with Crippen LogP contribution in [0, 0.1) is 0 Å². The molecule has 0 unspecified atom stereocenters.